The summed E-state index contributed by atoms with van der Waals surface area (Å²) in [6.45, 7) is 2.33. The largest absolute Gasteiger partial charge is 0.462 e. The molecule has 0 aromatic carbocycles. The molecule has 1 rings (SSSR count). The first-order valence-electron chi connectivity index (χ1n) is 6.08. The smallest absolute Gasteiger partial charge is 0.350 e. The third kappa shape index (κ3) is 4.03. The summed E-state index contributed by atoms with van der Waals surface area (Å²) in [6, 6.07) is 0. The van der Waals surface area contributed by atoms with E-state index in [0.717, 1.165) is 0 Å². The van der Waals surface area contributed by atoms with E-state index in [2.05, 4.69) is 5.32 Å². The first-order valence-corrected chi connectivity index (χ1v) is 8.55. The van der Waals surface area contributed by atoms with E-state index in [1.807, 2.05) is 0 Å². The van der Waals surface area contributed by atoms with Gasteiger partial charge in [0.25, 0.3) is 6.43 Å². The van der Waals surface area contributed by atoms with Crippen LogP contribution in [0.4, 0.5) is 19.5 Å². The summed E-state index contributed by atoms with van der Waals surface area (Å²) >= 11 is 0.695. The summed E-state index contributed by atoms with van der Waals surface area (Å²) in [4.78, 5) is 11.3. The highest BCUT2D eigenvalue weighted by Gasteiger charge is 2.29. The fourth-order valence-corrected chi connectivity index (χ4v) is 4.08. The van der Waals surface area contributed by atoms with Crippen molar-refractivity contribution in [3.63, 3.8) is 0 Å². The summed E-state index contributed by atoms with van der Waals surface area (Å²) in [7, 11) is -3.76. The predicted octanol–water partition coefficient (Wildman–Crippen LogP) is 1.98. The number of halogens is 2. The topological polar surface area (TPSA) is 98.5 Å². The average molecular weight is 342 g/mol. The van der Waals surface area contributed by atoms with E-state index in [4.69, 9.17) is 10.5 Å². The highest BCUT2D eigenvalue weighted by Crippen LogP contribution is 2.40. The lowest BCUT2D eigenvalue weighted by Crippen LogP contribution is -2.13. The van der Waals surface area contributed by atoms with Gasteiger partial charge in [0.1, 0.15) is 14.8 Å². The van der Waals surface area contributed by atoms with Crippen molar-refractivity contribution in [2.45, 2.75) is 25.2 Å². The third-order valence-corrected chi connectivity index (χ3v) is 5.55. The van der Waals surface area contributed by atoms with Crippen molar-refractivity contribution in [2.24, 2.45) is 0 Å². The van der Waals surface area contributed by atoms with Gasteiger partial charge in [0, 0.05) is 0 Å². The van der Waals surface area contributed by atoms with Gasteiger partial charge >= 0.3 is 5.97 Å². The predicted molar refractivity (Wildman–Crippen MR) is 76.9 cm³/mol. The van der Waals surface area contributed by atoms with E-state index in [-0.39, 0.29) is 32.8 Å². The standard InChI is InChI=1S/C11H16F2N2O4S2/c1-3-19-11(16)8-7(14)9(21(17,18)4-2)10(20-8)15-5-6(12)13/h6,15H,3-5,14H2,1-2H3. The van der Waals surface area contributed by atoms with Crippen molar-refractivity contribution >= 4 is 37.8 Å². The highest BCUT2D eigenvalue weighted by molar-refractivity contribution is 7.91. The molecule has 120 valence electrons. The van der Waals surface area contributed by atoms with Crippen molar-refractivity contribution in [3.8, 4) is 0 Å². The van der Waals surface area contributed by atoms with Gasteiger partial charge in [-0.05, 0) is 6.92 Å². The lowest BCUT2D eigenvalue weighted by Gasteiger charge is -2.07. The lowest BCUT2D eigenvalue weighted by molar-refractivity contribution is 0.0533. The molecule has 0 unspecified atom stereocenters. The Kier molecular flexibility index (Phi) is 5.90. The third-order valence-electron chi connectivity index (χ3n) is 2.47. The van der Waals surface area contributed by atoms with Gasteiger partial charge in [0.2, 0.25) is 0 Å². The number of nitrogen functional groups attached to an aromatic ring is 1. The van der Waals surface area contributed by atoms with Crippen molar-refractivity contribution in [3.05, 3.63) is 4.88 Å². The molecule has 0 saturated heterocycles. The summed E-state index contributed by atoms with van der Waals surface area (Å²) in [5, 5.41) is 2.24. The van der Waals surface area contributed by atoms with Gasteiger partial charge in [-0.2, -0.15) is 0 Å². The van der Waals surface area contributed by atoms with Gasteiger partial charge in [0.15, 0.2) is 9.84 Å². The molecule has 0 saturated carbocycles. The van der Waals surface area contributed by atoms with Crippen LogP contribution in [0.15, 0.2) is 4.90 Å². The Hall–Kier alpha value is -1.42. The number of nitrogens with one attached hydrogen (secondary N) is 1. The fourth-order valence-electron chi connectivity index (χ4n) is 1.52. The van der Waals surface area contributed by atoms with Crippen LogP contribution in [-0.4, -0.2) is 39.7 Å². The van der Waals surface area contributed by atoms with Crippen molar-refractivity contribution in [1.82, 2.24) is 0 Å². The molecular weight excluding hydrogens is 326 g/mol. The molecule has 0 aliphatic rings. The number of alkyl halides is 2. The molecule has 21 heavy (non-hydrogen) atoms. The van der Waals surface area contributed by atoms with Crippen LogP contribution in [0.1, 0.15) is 23.5 Å². The minimum atomic E-state index is -3.76. The minimum absolute atomic E-state index is 0.0716. The number of hydrogen-bond donors (Lipinski definition) is 2. The van der Waals surface area contributed by atoms with E-state index >= 15 is 0 Å². The van der Waals surface area contributed by atoms with Crippen LogP contribution in [0.3, 0.4) is 0 Å². The molecule has 0 spiro atoms. The van der Waals surface area contributed by atoms with Gasteiger partial charge in [-0.1, -0.05) is 6.92 Å². The second-order valence-electron chi connectivity index (χ2n) is 3.90. The number of rotatable bonds is 7. The van der Waals surface area contributed by atoms with Crippen LogP contribution in [0, 0.1) is 0 Å². The van der Waals surface area contributed by atoms with Crippen LogP contribution < -0.4 is 11.1 Å². The molecule has 0 radical (unpaired) electrons. The number of carbonyl (C=O) groups is 1. The summed E-state index contributed by atoms with van der Waals surface area (Å²) < 4.78 is 53.4. The van der Waals surface area contributed by atoms with Crippen LogP contribution in [-0.2, 0) is 14.6 Å². The average Bonchev–Trinajstić information content (AvgIpc) is 2.74. The molecule has 6 nitrogen and oxygen atoms in total. The molecule has 0 amide bonds. The Morgan fingerprint density at radius 1 is 1.43 bits per heavy atom. The first-order chi connectivity index (χ1) is 9.74. The Morgan fingerprint density at radius 2 is 2.05 bits per heavy atom. The number of anilines is 2. The number of hydrogen-bond acceptors (Lipinski definition) is 7. The number of carbonyl (C=O) groups excluding carboxylic acids is 1. The Morgan fingerprint density at radius 3 is 2.52 bits per heavy atom. The van der Waals surface area contributed by atoms with E-state index in [0.29, 0.717) is 11.3 Å². The van der Waals surface area contributed by atoms with Crippen molar-refractivity contribution < 1.29 is 26.7 Å². The number of nitrogens with two attached hydrogens (primary N) is 1. The molecule has 1 heterocycles. The monoisotopic (exact) mass is 342 g/mol. The van der Waals surface area contributed by atoms with Gasteiger partial charge in [-0.15, -0.1) is 11.3 Å². The first kappa shape index (κ1) is 17.6. The molecule has 10 heteroatoms. The zero-order valence-corrected chi connectivity index (χ0v) is 13.1. The van der Waals surface area contributed by atoms with E-state index in [1.165, 1.54) is 6.92 Å². The number of ether oxygens (including phenoxy) is 1. The summed E-state index contributed by atoms with van der Waals surface area (Å²) in [5.41, 5.74) is 5.44. The molecule has 0 aliphatic heterocycles. The van der Waals surface area contributed by atoms with E-state index in [9.17, 15) is 22.0 Å². The maximum absolute atomic E-state index is 12.3. The molecule has 0 fully saturated rings. The summed E-state index contributed by atoms with van der Waals surface area (Å²) in [5.74, 6) is -1.04. The van der Waals surface area contributed by atoms with E-state index in [1.54, 1.807) is 6.92 Å². The molecule has 0 aliphatic carbocycles. The zero-order chi connectivity index (χ0) is 16.2. The fraction of sp³-hybridized carbons (Fsp3) is 0.545. The van der Waals surface area contributed by atoms with Crippen molar-refractivity contribution in [1.29, 1.82) is 0 Å². The maximum atomic E-state index is 12.3. The van der Waals surface area contributed by atoms with Crippen LogP contribution in [0.5, 0.6) is 0 Å². The van der Waals surface area contributed by atoms with Gasteiger partial charge in [0.05, 0.1) is 24.6 Å². The minimum Gasteiger partial charge on any atom is -0.462 e. The second kappa shape index (κ2) is 7.03. The van der Waals surface area contributed by atoms with Crippen LogP contribution >= 0.6 is 11.3 Å². The molecule has 1 aromatic rings. The van der Waals surface area contributed by atoms with E-state index < -0.39 is 28.8 Å². The number of sulfone groups is 1. The van der Waals surface area contributed by atoms with Gasteiger partial charge < -0.3 is 15.8 Å². The van der Waals surface area contributed by atoms with Crippen molar-refractivity contribution in [2.75, 3.05) is 30.0 Å². The van der Waals surface area contributed by atoms with Crippen LogP contribution in [0.25, 0.3) is 0 Å². The Balaban J connectivity index is 3.34. The number of thiophene rings is 1. The molecule has 1 aromatic heterocycles. The normalized spacial score (nSPS) is 11.7. The maximum Gasteiger partial charge on any atom is 0.350 e. The molecular formula is C11H16F2N2O4S2. The second-order valence-corrected chi connectivity index (χ2v) is 7.13. The lowest BCUT2D eigenvalue weighted by atomic mass is 10.4. The molecule has 0 bridgehead atoms. The zero-order valence-electron chi connectivity index (χ0n) is 11.5. The summed E-state index contributed by atoms with van der Waals surface area (Å²) in [6.07, 6.45) is -2.67. The van der Waals surface area contributed by atoms with Gasteiger partial charge in [-0.25, -0.2) is 22.0 Å². The molecule has 3 N–H and O–H groups in total. The SMILES string of the molecule is CCOC(=O)c1sc(NCC(F)F)c(S(=O)(=O)CC)c1N. The Bertz CT molecular complexity index is 614. The molecule has 0 atom stereocenters. The number of esters is 1. The van der Waals surface area contributed by atoms with Gasteiger partial charge in [-0.3, -0.25) is 0 Å². The Labute approximate surface area is 125 Å². The quantitative estimate of drug-likeness (QED) is 0.735. The highest BCUT2D eigenvalue weighted by atomic mass is 32.2. The van der Waals surface area contributed by atoms with Crippen LogP contribution in [0.2, 0.25) is 0 Å².